The van der Waals surface area contributed by atoms with Crippen molar-refractivity contribution < 1.29 is 27.2 Å². The molecule has 0 saturated carbocycles. The summed E-state index contributed by atoms with van der Waals surface area (Å²) in [4.78, 5) is 0. The van der Waals surface area contributed by atoms with E-state index in [2.05, 4.69) is 0 Å². The Morgan fingerprint density at radius 3 is 1.71 bits per heavy atom. The van der Waals surface area contributed by atoms with Crippen LogP contribution in [0.4, 0.5) is 0 Å². The van der Waals surface area contributed by atoms with E-state index in [9.17, 15) is 5.11 Å². The first-order valence-electron chi connectivity index (χ1n) is 6.68. The molecule has 0 aliphatic heterocycles. The lowest BCUT2D eigenvalue weighted by molar-refractivity contribution is 0.123. The topological polar surface area (TPSA) is 66.4 Å². The second-order valence-corrected chi connectivity index (χ2v) is 13.5. The third-order valence-corrected chi connectivity index (χ3v) is 11.9. The highest BCUT2D eigenvalue weighted by Gasteiger charge is 2.37. The van der Waals surface area contributed by atoms with Gasteiger partial charge in [-0.1, -0.05) is 21.6 Å². The smallest absolute Gasteiger partial charge is 0.396 e. The van der Waals surface area contributed by atoms with Gasteiger partial charge in [-0.15, -0.1) is 0 Å². The Hall–Kier alpha value is 0.894. The predicted octanol–water partition coefficient (Wildman–Crippen LogP) is 1.90. The molecule has 1 N–H and O–H groups in total. The summed E-state index contributed by atoms with van der Waals surface area (Å²) in [6, 6.07) is 1.59. The van der Waals surface area contributed by atoms with Crippen LogP contribution in [0.2, 0.25) is 12.1 Å². The molecule has 0 aliphatic carbocycles. The molecule has 128 valence electrons. The maximum atomic E-state index is 9.35. The Labute approximate surface area is 138 Å². The quantitative estimate of drug-likeness (QED) is 0.280. The average molecular weight is 377 g/mol. The fourth-order valence-electron chi connectivity index (χ4n) is 1.71. The number of aliphatic hydroxyl groups excluding tert-OH is 1. The van der Waals surface area contributed by atoms with Crippen LogP contribution in [-0.4, -0.2) is 75.8 Å². The summed E-state index contributed by atoms with van der Waals surface area (Å²) in [5.41, 5.74) is 0. The molecule has 0 aromatic carbocycles. The highest BCUT2D eigenvalue weighted by atomic mass is 33.1. The van der Waals surface area contributed by atoms with Gasteiger partial charge in [-0.2, -0.15) is 0 Å². The molecule has 0 unspecified atom stereocenters. The summed E-state index contributed by atoms with van der Waals surface area (Å²) < 4.78 is 26.8. The third kappa shape index (κ3) is 7.81. The van der Waals surface area contributed by atoms with Gasteiger partial charge in [0.15, 0.2) is 0 Å². The van der Waals surface area contributed by atoms with Crippen molar-refractivity contribution in [2.24, 2.45) is 0 Å². The van der Waals surface area contributed by atoms with Crippen LogP contribution < -0.4 is 0 Å². The van der Waals surface area contributed by atoms with Gasteiger partial charge in [0, 0.05) is 59.1 Å². The minimum absolute atomic E-state index is 0.00510. The molecule has 0 aromatic heterocycles. The summed E-state index contributed by atoms with van der Waals surface area (Å²) in [6.45, 7) is 0. The number of aliphatic hydroxyl groups is 1. The van der Waals surface area contributed by atoms with Gasteiger partial charge in [-0.05, 0) is 6.42 Å². The van der Waals surface area contributed by atoms with Gasteiger partial charge in [0.1, 0.15) is 0 Å². The highest BCUT2D eigenvalue weighted by Crippen LogP contribution is 2.27. The van der Waals surface area contributed by atoms with Crippen LogP contribution in [-0.2, 0) is 22.1 Å². The first-order valence-corrected chi connectivity index (χ1v) is 13.3. The maximum Gasteiger partial charge on any atom is 0.500 e. The van der Waals surface area contributed by atoms with Gasteiger partial charge in [0.25, 0.3) is 0 Å². The lowest BCUT2D eigenvalue weighted by Crippen LogP contribution is -2.45. The molecular weight excluding hydrogens is 348 g/mol. The fourth-order valence-corrected chi connectivity index (χ4v) is 8.57. The van der Waals surface area contributed by atoms with Crippen LogP contribution in [0.1, 0.15) is 6.42 Å². The first-order chi connectivity index (χ1) is 10.1. The summed E-state index contributed by atoms with van der Waals surface area (Å²) >= 11 is 0. The summed E-state index contributed by atoms with van der Waals surface area (Å²) in [5, 5.41) is 9.35. The Morgan fingerprint density at radius 1 is 0.762 bits per heavy atom. The van der Waals surface area contributed by atoms with E-state index in [4.69, 9.17) is 22.1 Å². The Balaban J connectivity index is 3.78. The summed E-state index contributed by atoms with van der Waals surface area (Å²) in [5.74, 6) is 1.91. The summed E-state index contributed by atoms with van der Waals surface area (Å²) in [7, 11) is 6.90. The zero-order valence-electron chi connectivity index (χ0n) is 13.5. The monoisotopic (exact) mass is 376 g/mol. The molecule has 0 heterocycles. The SMILES string of the molecule is CO[Si](CO)(CCSSCCC[Si](OC)(OC)OC)OC. The van der Waals surface area contributed by atoms with Crippen LogP contribution in [0.15, 0.2) is 0 Å². The zero-order chi connectivity index (χ0) is 16.2. The minimum Gasteiger partial charge on any atom is -0.396 e. The van der Waals surface area contributed by atoms with E-state index in [-0.39, 0.29) is 6.23 Å². The highest BCUT2D eigenvalue weighted by molar-refractivity contribution is 8.76. The molecule has 0 aromatic rings. The van der Waals surface area contributed by atoms with Gasteiger partial charge in [-0.3, -0.25) is 0 Å². The Morgan fingerprint density at radius 2 is 1.29 bits per heavy atom. The van der Waals surface area contributed by atoms with Crippen molar-refractivity contribution in [3.63, 3.8) is 0 Å². The van der Waals surface area contributed by atoms with Crippen molar-refractivity contribution in [1.82, 2.24) is 0 Å². The van der Waals surface area contributed by atoms with Crippen LogP contribution in [0.25, 0.3) is 0 Å². The molecule has 0 radical (unpaired) electrons. The third-order valence-electron chi connectivity index (χ3n) is 3.28. The van der Waals surface area contributed by atoms with E-state index in [1.165, 1.54) is 0 Å². The summed E-state index contributed by atoms with van der Waals surface area (Å²) in [6.07, 6.45) is 0.978. The van der Waals surface area contributed by atoms with Crippen LogP contribution in [0, 0.1) is 0 Å². The molecule has 0 bridgehead atoms. The van der Waals surface area contributed by atoms with Crippen LogP contribution >= 0.6 is 21.6 Å². The van der Waals surface area contributed by atoms with Gasteiger partial charge in [0.05, 0.1) is 6.23 Å². The van der Waals surface area contributed by atoms with E-state index in [0.29, 0.717) is 0 Å². The number of rotatable bonds is 14. The first kappa shape index (κ1) is 21.9. The number of hydrogen-bond acceptors (Lipinski definition) is 8. The van der Waals surface area contributed by atoms with Gasteiger partial charge in [-0.25, -0.2) is 0 Å². The maximum absolute atomic E-state index is 9.35. The Bertz CT molecular complexity index is 214. The molecule has 0 saturated heterocycles. The molecular formula is C11H28O6S2Si2. The van der Waals surface area contributed by atoms with E-state index in [1.54, 1.807) is 57.1 Å². The van der Waals surface area contributed by atoms with Crippen molar-refractivity contribution in [3.05, 3.63) is 0 Å². The lowest BCUT2D eigenvalue weighted by atomic mass is 10.6. The minimum atomic E-state index is -2.42. The standard InChI is InChI=1S/C11H28O6S2Si2/c1-13-20(11-12,14-2)10-8-19-18-7-6-9-21(15-3,16-4)17-5/h12H,6-11H2,1-5H3. The molecule has 10 heteroatoms. The van der Waals surface area contributed by atoms with Crippen molar-refractivity contribution >= 4 is 39.0 Å². The van der Waals surface area contributed by atoms with E-state index in [0.717, 1.165) is 30.0 Å². The van der Waals surface area contributed by atoms with E-state index < -0.39 is 17.4 Å². The van der Waals surface area contributed by atoms with Crippen molar-refractivity contribution in [2.75, 3.05) is 53.3 Å². The lowest BCUT2D eigenvalue weighted by Gasteiger charge is -2.24. The van der Waals surface area contributed by atoms with Crippen molar-refractivity contribution in [1.29, 1.82) is 0 Å². The van der Waals surface area contributed by atoms with E-state index >= 15 is 0 Å². The van der Waals surface area contributed by atoms with Crippen LogP contribution in [0.5, 0.6) is 0 Å². The average Bonchev–Trinajstić information content (AvgIpc) is 2.55. The second-order valence-electron chi connectivity index (χ2n) is 4.27. The van der Waals surface area contributed by atoms with Crippen LogP contribution in [0.3, 0.4) is 0 Å². The molecule has 0 rings (SSSR count). The largest absolute Gasteiger partial charge is 0.500 e. The van der Waals surface area contributed by atoms with Gasteiger partial charge >= 0.3 is 17.4 Å². The van der Waals surface area contributed by atoms with Crippen molar-refractivity contribution in [3.8, 4) is 0 Å². The second kappa shape index (κ2) is 12.3. The molecule has 0 fully saturated rings. The predicted molar refractivity (Wildman–Crippen MR) is 92.8 cm³/mol. The zero-order valence-corrected chi connectivity index (χ0v) is 17.2. The Kier molecular flexibility index (Phi) is 12.9. The molecule has 0 spiro atoms. The number of hydrogen-bond donors (Lipinski definition) is 1. The van der Waals surface area contributed by atoms with Gasteiger partial charge in [0.2, 0.25) is 0 Å². The van der Waals surface area contributed by atoms with Gasteiger partial charge < -0.3 is 27.2 Å². The molecule has 0 amide bonds. The fraction of sp³-hybridized carbons (Fsp3) is 1.00. The molecule has 6 nitrogen and oxygen atoms in total. The molecule has 21 heavy (non-hydrogen) atoms. The molecule has 0 atom stereocenters. The normalized spacial score (nSPS) is 12.9. The van der Waals surface area contributed by atoms with Crippen molar-refractivity contribution in [2.45, 2.75) is 18.5 Å². The molecule has 0 aliphatic rings. The van der Waals surface area contributed by atoms with E-state index in [1.807, 2.05) is 0 Å².